The lowest BCUT2D eigenvalue weighted by molar-refractivity contribution is -0.115. The normalized spacial score (nSPS) is 11.9. The number of carbonyl (C=O) groups is 2. The number of nitrogens with one attached hydrogen (secondary N) is 1. The number of benzene rings is 2. The van der Waals surface area contributed by atoms with Crippen LogP contribution in [0.1, 0.15) is 23.7 Å². The first kappa shape index (κ1) is 19.6. The minimum absolute atomic E-state index is 0.148. The van der Waals surface area contributed by atoms with Gasteiger partial charge >= 0.3 is 0 Å². The number of amides is 2. The highest BCUT2D eigenvalue weighted by atomic mass is 32.2. The largest absolute Gasteiger partial charge is 0.366 e. The second-order valence-electron chi connectivity index (χ2n) is 6.22. The van der Waals surface area contributed by atoms with Crippen molar-refractivity contribution in [2.75, 3.05) is 5.32 Å². The summed E-state index contributed by atoms with van der Waals surface area (Å²) in [5, 5.41) is 3.41. The van der Waals surface area contributed by atoms with Crippen LogP contribution in [0, 0.1) is 0 Å². The zero-order valence-corrected chi connectivity index (χ0v) is 16.3. The zero-order chi connectivity index (χ0) is 20.3. The van der Waals surface area contributed by atoms with Crippen LogP contribution in [0.5, 0.6) is 0 Å². The van der Waals surface area contributed by atoms with E-state index in [9.17, 15) is 14.4 Å². The number of nitrogens with zero attached hydrogens (tertiary/aromatic N) is 2. The molecule has 2 amide bonds. The van der Waals surface area contributed by atoms with Gasteiger partial charge in [-0.15, -0.1) is 0 Å². The first-order chi connectivity index (χ1) is 13.4. The number of primary amides is 1. The van der Waals surface area contributed by atoms with Crippen molar-refractivity contribution in [2.45, 2.75) is 23.8 Å². The lowest BCUT2D eigenvalue weighted by Gasteiger charge is -2.16. The molecule has 0 saturated carbocycles. The molecule has 0 saturated heterocycles. The Balaban J connectivity index is 1.81. The van der Waals surface area contributed by atoms with Crippen molar-refractivity contribution in [3.63, 3.8) is 0 Å². The second-order valence-corrected chi connectivity index (χ2v) is 7.39. The van der Waals surface area contributed by atoms with E-state index < -0.39 is 11.2 Å². The minimum atomic E-state index is -0.525. The number of para-hydroxylation sites is 1. The maximum atomic E-state index is 12.7. The van der Waals surface area contributed by atoms with E-state index in [1.54, 1.807) is 49.5 Å². The van der Waals surface area contributed by atoms with E-state index in [1.165, 1.54) is 16.3 Å². The number of hydrogen-bond donors (Lipinski definition) is 2. The lowest BCUT2D eigenvalue weighted by Crippen LogP contribution is -2.27. The molecule has 1 unspecified atom stereocenters. The number of fused-ring (bicyclic) bond motifs is 1. The first-order valence-electron chi connectivity index (χ1n) is 8.74. The molecule has 28 heavy (non-hydrogen) atoms. The van der Waals surface area contributed by atoms with Gasteiger partial charge in [-0.2, -0.15) is 0 Å². The van der Waals surface area contributed by atoms with Crippen LogP contribution in [0.15, 0.2) is 58.5 Å². The molecule has 3 N–H and O–H groups in total. The molecule has 1 atom stereocenters. The van der Waals surface area contributed by atoms with Gasteiger partial charge in [-0.05, 0) is 42.8 Å². The van der Waals surface area contributed by atoms with Crippen LogP contribution >= 0.6 is 11.8 Å². The maximum Gasteiger partial charge on any atom is 0.261 e. The SMILES string of the molecule is CCC(Sc1nc2ccccc2c(=O)n1C)C(=O)Nc1ccc(C(N)=O)cc1. The van der Waals surface area contributed by atoms with Crippen molar-refractivity contribution >= 4 is 40.2 Å². The molecular formula is C20H20N4O3S. The molecule has 0 bridgehead atoms. The molecule has 1 heterocycles. The summed E-state index contributed by atoms with van der Waals surface area (Å²) in [6.45, 7) is 1.90. The Morgan fingerprint density at radius 2 is 1.86 bits per heavy atom. The van der Waals surface area contributed by atoms with Gasteiger partial charge in [0.1, 0.15) is 0 Å². The fourth-order valence-electron chi connectivity index (χ4n) is 2.69. The van der Waals surface area contributed by atoms with Gasteiger partial charge in [0, 0.05) is 18.3 Å². The van der Waals surface area contributed by atoms with Crippen LogP contribution in [0.2, 0.25) is 0 Å². The number of aromatic nitrogens is 2. The Hall–Kier alpha value is -3.13. The van der Waals surface area contributed by atoms with Crippen LogP contribution in [-0.4, -0.2) is 26.6 Å². The number of hydrogen-bond acceptors (Lipinski definition) is 5. The van der Waals surface area contributed by atoms with Gasteiger partial charge in [0.05, 0.1) is 16.2 Å². The standard InChI is InChI=1S/C20H20N4O3S/c1-3-16(18(26)22-13-10-8-12(9-11-13)17(21)25)28-20-23-15-7-5-4-6-14(15)19(27)24(20)2/h4-11,16H,3H2,1-2H3,(H2,21,25)(H,22,26). The minimum Gasteiger partial charge on any atom is -0.366 e. The number of thioether (sulfide) groups is 1. The Bertz CT molecular complexity index is 1090. The molecule has 7 nitrogen and oxygen atoms in total. The summed E-state index contributed by atoms with van der Waals surface area (Å²) in [4.78, 5) is 40.9. The van der Waals surface area contributed by atoms with E-state index in [2.05, 4.69) is 10.3 Å². The van der Waals surface area contributed by atoms with Crippen molar-refractivity contribution in [1.29, 1.82) is 0 Å². The summed E-state index contributed by atoms with van der Waals surface area (Å²) >= 11 is 1.25. The summed E-state index contributed by atoms with van der Waals surface area (Å²) in [5.74, 6) is -0.732. The van der Waals surface area contributed by atoms with E-state index in [0.29, 0.717) is 33.7 Å². The van der Waals surface area contributed by atoms with Gasteiger partial charge in [-0.3, -0.25) is 19.0 Å². The number of carbonyl (C=O) groups excluding carboxylic acids is 2. The number of anilines is 1. The molecule has 144 valence electrons. The Kier molecular flexibility index (Phi) is 5.79. The van der Waals surface area contributed by atoms with E-state index in [4.69, 9.17) is 5.73 Å². The average Bonchev–Trinajstić information content (AvgIpc) is 2.70. The van der Waals surface area contributed by atoms with Gasteiger partial charge in [0.15, 0.2) is 5.16 Å². The smallest absolute Gasteiger partial charge is 0.261 e. The predicted molar refractivity (Wildman–Crippen MR) is 111 cm³/mol. The zero-order valence-electron chi connectivity index (χ0n) is 15.5. The predicted octanol–water partition coefficient (Wildman–Crippen LogP) is 2.54. The first-order valence-corrected chi connectivity index (χ1v) is 9.61. The Labute approximate surface area is 166 Å². The molecule has 0 fully saturated rings. The summed E-state index contributed by atoms with van der Waals surface area (Å²) in [6.07, 6.45) is 0.554. The highest BCUT2D eigenvalue weighted by Gasteiger charge is 2.21. The van der Waals surface area contributed by atoms with Crippen molar-refractivity contribution in [3.8, 4) is 0 Å². The molecule has 2 aromatic carbocycles. The Morgan fingerprint density at radius 1 is 1.18 bits per heavy atom. The molecule has 3 aromatic rings. The molecular weight excluding hydrogens is 376 g/mol. The van der Waals surface area contributed by atoms with Gasteiger partial charge in [0.2, 0.25) is 11.8 Å². The lowest BCUT2D eigenvalue weighted by atomic mass is 10.2. The fourth-order valence-corrected chi connectivity index (χ4v) is 3.67. The van der Waals surface area contributed by atoms with Gasteiger partial charge in [-0.25, -0.2) is 4.98 Å². The van der Waals surface area contributed by atoms with Crippen molar-refractivity contribution in [1.82, 2.24) is 9.55 Å². The molecule has 0 aliphatic heterocycles. The van der Waals surface area contributed by atoms with E-state index >= 15 is 0 Å². The molecule has 0 aliphatic carbocycles. The molecule has 0 spiro atoms. The molecule has 8 heteroatoms. The van der Waals surface area contributed by atoms with Crippen LogP contribution in [0.4, 0.5) is 5.69 Å². The maximum absolute atomic E-state index is 12.7. The van der Waals surface area contributed by atoms with Crippen LogP contribution in [0.25, 0.3) is 10.9 Å². The third kappa shape index (κ3) is 4.07. The van der Waals surface area contributed by atoms with Gasteiger partial charge in [0.25, 0.3) is 5.56 Å². The monoisotopic (exact) mass is 396 g/mol. The molecule has 0 aliphatic rings. The Morgan fingerprint density at radius 3 is 2.50 bits per heavy atom. The number of nitrogens with two attached hydrogens (primary N) is 1. The quantitative estimate of drug-likeness (QED) is 0.492. The summed E-state index contributed by atoms with van der Waals surface area (Å²) in [5.41, 5.74) is 6.61. The number of rotatable bonds is 6. The van der Waals surface area contributed by atoms with Gasteiger partial charge in [-0.1, -0.05) is 30.8 Å². The van der Waals surface area contributed by atoms with Crippen molar-refractivity contribution in [3.05, 3.63) is 64.4 Å². The third-order valence-electron chi connectivity index (χ3n) is 4.29. The average molecular weight is 396 g/mol. The van der Waals surface area contributed by atoms with E-state index in [1.807, 2.05) is 13.0 Å². The second kappa shape index (κ2) is 8.26. The molecule has 3 rings (SSSR count). The van der Waals surface area contributed by atoms with Crippen LogP contribution < -0.4 is 16.6 Å². The molecule has 0 radical (unpaired) electrons. The van der Waals surface area contributed by atoms with Crippen LogP contribution in [-0.2, 0) is 11.8 Å². The summed E-state index contributed by atoms with van der Waals surface area (Å²) in [6, 6.07) is 13.5. The topological polar surface area (TPSA) is 107 Å². The highest BCUT2D eigenvalue weighted by Crippen LogP contribution is 2.25. The fraction of sp³-hybridized carbons (Fsp3) is 0.200. The van der Waals surface area contributed by atoms with Gasteiger partial charge < -0.3 is 11.1 Å². The van der Waals surface area contributed by atoms with E-state index in [-0.39, 0.29) is 11.5 Å². The highest BCUT2D eigenvalue weighted by molar-refractivity contribution is 8.00. The third-order valence-corrected chi connectivity index (χ3v) is 5.70. The summed E-state index contributed by atoms with van der Waals surface area (Å²) in [7, 11) is 1.65. The van der Waals surface area contributed by atoms with E-state index in [0.717, 1.165) is 0 Å². The van der Waals surface area contributed by atoms with Crippen molar-refractivity contribution < 1.29 is 9.59 Å². The van der Waals surface area contributed by atoms with Crippen LogP contribution in [0.3, 0.4) is 0 Å². The summed E-state index contributed by atoms with van der Waals surface area (Å²) < 4.78 is 1.46. The van der Waals surface area contributed by atoms with Crippen molar-refractivity contribution in [2.24, 2.45) is 12.8 Å². The molecule has 1 aromatic heterocycles.